The maximum atomic E-state index is 16.7. The summed E-state index contributed by atoms with van der Waals surface area (Å²) in [5, 5.41) is 18.7. The van der Waals surface area contributed by atoms with E-state index in [-0.39, 0.29) is 47.1 Å². The molecule has 0 radical (unpaired) electrons. The monoisotopic (exact) mass is 624 g/mol. The van der Waals surface area contributed by atoms with Crippen LogP contribution in [0.3, 0.4) is 0 Å². The van der Waals surface area contributed by atoms with Gasteiger partial charge >= 0.3 is 11.7 Å². The van der Waals surface area contributed by atoms with Gasteiger partial charge in [0.2, 0.25) is 5.82 Å². The second kappa shape index (κ2) is 11.1. The standard InChI is InChI=1S/C33H33FN8O4/c1-40-12-4-6-21(40)17-46-33-35-28-25(11-10-24(27(28)34)26-14-22(43)13-18-5-2-3-7-23(18)26)30(37-33)41-15-19-8-9-20(16-41)42(19)31(44)29-36-32(45)39-38-29/h2-3,5,7,10-11,13-14,19-21,43H,4,6,8-9,12,15-17H2,1H3,(H2,36,38,39,45)/t19-,20+,21-/m0/s1. The average Bonchev–Trinajstić information content (AvgIpc) is 3.75. The molecule has 3 fully saturated rings. The molecule has 0 saturated carbocycles. The van der Waals surface area contributed by atoms with Crippen molar-refractivity contribution in [3.63, 3.8) is 0 Å². The highest BCUT2D eigenvalue weighted by Gasteiger charge is 2.44. The highest BCUT2D eigenvalue weighted by Crippen LogP contribution is 2.40. The van der Waals surface area contributed by atoms with Gasteiger partial charge in [-0.3, -0.25) is 9.78 Å². The maximum Gasteiger partial charge on any atom is 0.341 e. The van der Waals surface area contributed by atoms with Crippen LogP contribution >= 0.6 is 0 Å². The molecule has 3 aliphatic rings. The number of phenolic OH excluding ortho intramolecular Hbond substituents is 1. The fourth-order valence-corrected chi connectivity index (χ4v) is 7.42. The fourth-order valence-electron chi connectivity index (χ4n) is 7.42. The third kappa shape index (κ3) is 4.82. The molecule has 236 valence electrons. The Morgan fingerprint density at radius 1 is 1.04 bits per heavy atom. The van der Waals surface area contributed by atoms with Crippen LogP contribution in [0.1, 0.15) is 36.3 Å². The number of aromatic amines is 2. The number of aromatic hydroxyl groups is 1. The lowest BCUT2D eigenvalue weighted by atomic mass is 9.96. The number of benzene rings is 3. The normalized spacial score (nSPS) is 21.5. The molecule has 3 N–H and O–H groups in total. The molecule has 2 bridgehead atoms. The van der Waals surface area contributed by atoms with Crippen molar-refractivity contribution in [3.05, 3.63) is 70.7 Å². The molecule has 5 heterocycles. The molecule has 5 aromatic rings. The molecular formula is C33H33FN8O4. The predicted molar refractivity (Wildman–Crippen MR) is 170 cm³/mol. The predicted octanol–water partition coefficient (Wildman–Crippen LogP) is 3.67. The van der Waals surface area contributed by atoms with Crippen molar-refractivity contribution in [2.75, 3.05) is 38.2 Å². The highest BCUT2D eigenvalue weighted by molar-refractivity contribution is 6.01. The van der Waals surface area contributed by atoms with Gasteiger partial charge in [-0.05, 0) is 73.8 Å². The number of amides is 1. The van der Waals surface area contributed by atoms with Crippen LogP contribution in [-0.2, 0) is 0 Å². The second-order valence-electron chi connectivity index (χ2n) is 12.5. The first-order chi connectivity index (χ1) is 22.3. The summed E-state index contributed by atoms with van der Waals surface area (Å²) in [6.45, 7) is 2.31. The van der Waals surface area contributed by atoms with Crippen LogP contribution in [0.5, 0.6) is 11.8 Å². The van der Waals surface area contributed by atoms with Crippen LogP contribution in [0.4, 0.5) is 10.2 Å². The van der Waals surface area contributed by atoms with Crippen LogP contribution in [0.15, 0.2) is 53.3 Å². The fraction of sp³-hybridized carbons (Fsp3) is 0.364. The van der Waals surface area contributed by atoms with Gasteiger partial charge in [0.25, 0.3) is 5.91 Å². The molecule has 46 heavy (non-hydrogen) atoms. The first kappa shape index (κ1) is 28.4. The third-order valence-corrected chi connectivity index (χ3v) is 9.70. The zero-order chi connectivity index (χ0) is 31.5. The van der Waals surface area contributed by atoms with Gasteiger partial charge in [-0.2, -0.15) is 9.97 Å². The summed E-state index contributed by atoms with van der Waals surface area (Å²) in [6, 6.07) is 14.3. The number of nitrogens with one attached hydrogen (secondary N) is 2. The zero-order valence-electron chi connectivity index (χ0n) is 25.2. The number of halogens is 1. The minimum Gasteiger partial charge on any atom is -0.508 e. The molecule has 3 saturated heterocycles. The Balaban J connectivity index is 1.20. The van der Waals surface area contributed by atoms with E-state index in [4.69, 9.17) is 9.72 Å². The Kier molecular flexibility index (Phi) is 6.85. The van der Waals surface area contributed by atoms with Gasteiger partial charge in [-0.15, -0.1) is 5.10 Å². The van der Waals surface area contributed by atoms with Crippen molar-refractivity contribution < 1.29 is 19.0 Å². The smallest absolute Gasteiger partial charge is 0.341 e. The summed E-state index contributed by atoms with van der Waals surface area (Å²) in [7, 11) is 2.06. The van der Waals surface area contributed by atoms with E-state index in [2.05, 4.69) is 37.0 Å². The molecule has 3 aromatic carbocycles. The van der Waals surface area contributed by atoms with Crippen molar-refractivity contribution in [1.29, 1.82) is 0 Å². The van der Waals surface area contributed by atoms with Crippen molar-refractivity contribution >= 4 is 33.4 Å². The first-order valence-electron chi connectivity index (χ1n) is 15.6. The molecule has 3 atom stereocenters. The summed E-state index contributed by atoms with van der Waals surface area (Å²) in [5.41, 5.74) is 0.476. The van der Waals surface area contributed by atoms with E-state index in [0.717, 1.165) is 43.0 Å². The SMILES string of the molecule is CN1CCC[C@H]1COc1nc(N2C[C@H]3CC[C@@H](C2)N3C(=O)c2n[nH]c(=O)[nH]2)c2ccc(-c3cc(O)cc4ccccc34)c(F)c2n1. The third-order valence-electron chi connectivity index (χ3n) is 9.70. The van der Waals surface area contributed by atoms with E-state index in [1.54, 1.807) is 23.1 Å². The van der Waals surface area contributed by atoms with Crippen LogP contribution < -0.4 is 15.3 Å². The van der Waals surface area contributed by atoms with E-state index in [1.165, 1.54) is 0 Å². The number of nitrogens with zero attached hydrogens (tertiary/aromatic N) is 6. The van der Waals surface area contributed by atoms with Crippen molar-refractivity contribution in [2.45, 2.75) is 43.8 Å². The number of anilines is 1. The van der Waals surface area contributed by atoms with Gasteiger partial charge in [0.05, 0.1) is 12.1 Å². The van der Waals surface area contributed by atoms with Gasteiger partial charge < -0.3 is 24.5 Å². The molecule has 0 unspecified atom stereocenters. The lowest BCUT2D eigenvalue weighted by Gasteiger charge is -2.41. The minimum absolute atomic E-state index is 0.00974. The molecule has 12 nitrogen and oxygen atoms in total. The van der Waals surface area contributed by atoms with E-state index < -0.39 is 11.5 Å². The first-order valence-corrected chi connectivity index (χ1v) is 15.6. The number of piperazine rings is 1. The van der Waals surface area contributed by atoms with Crippen molar-refractivity contribution in [2.24, 2.45) is 0 Å². The molecule has 0 aliphatic carbocycles. The summed E-state index contributed by atoms with van der Waals surface area (Å²) in [5.74, 6) is -0.272. The lowest BCUT2D eigenvalue weighted by molar-refractivity contribution is 0.0628. The number of aromatic nitrogens is 5. The van der Waals surface area contributed by atoms with Gasteiger partial charge in [0.15, 0.2) is 5.82 Å². The largest absolute Gasteiger partial charge is 0.508 e. The molecular weight excluding hydrogens is 591 g/mol. The molecule has 13 heteroatoms. The number of ether oxygens (including phenoxy) is 1. The summed E-state index contributed by atoms with van der Waals surface area (Å²) in [6.07, 6.45) is 3.65. The summed E-state index contributed by atoms with van der Waals surface area (Å²) < 4.78 is 22.9. The van der Waals surface area contributed by atoms with Gasteiger partial charge in [0.1, 0.15) is 23.7 Å². The highest BCUT2D eigenvalue weighted by atomic mass is 19.1. The van der Waals surface area contributed by atoms with Gasteiger partial charge in [-0.1, -0.05) is 30.3 Å². The number of carbonyl (C=O) groups excluding carboxylic acids is 1. The maximum absolute atomic E-state index is 16.7. The van der Waals surface area contributed by atoms with Crippen molar-refractivity contribution in [3.8, 4) is 22.9 Å². The Bertz CT molecular complexity index is 2030. The van der Waals surface area contributed by atoms with Gasteiger partial charge in [-0.25, -0.2) is 14.3 Å². The number of fused-ring (bicyclic) bond motifs is 4. The average molecular weight is 625 g/mol. The summed E-state index contributed by atoms with van der Waals surface area (Å²) in [4.78, 5) is 43.0. The van der Waals surface area contributed by atoms with Crippen LogP contribution in [0, 0.1) is 5.82 Å². The number of phenols is 1. The molecule has 8 rings (SSSR count). The zero-order valence-corrected chi connectivity index (χ0v) is 25.2. The molecule has 0 spiro atoms. The molecule has 1 amide bonds. The van der Waals surface area contributed by atoms with E-state index in [0.29, 0.717) is 42.0 Å². The lowest BCUT2D eigenvalue weighted by Crippen LogP contribution is -2.56. The molecule has 2 aromatic heterocycles. The summed E-state index contributed by atoms with van der Waals surface area (Å²) >= 11 is 0. The second-order valence-corrected chi connectivity index (χ2v) is 12.5. The molecule has 3 aliphatic heterocycles. The number of hydrogen-bond acceptors (Lipinski definition) is 9. The number of hydrogen-bond donors (Lipinski definition) is 3. The van der Waals surface area contributed by atoms with Crippen LogP contribution in [-0.4, -0.2) is 97.4 Å². The van der Waals surface area contributed by atoms with Crippen molar-refractivity contribution in [1.82, 2.24) is 34.9 Å². The van der Waals surface area contributed by atoms with E-state index in [1.807, 2.05) is 30.3 Å². The minimum atomic E-state index is -0.529. The van der Waals surface area contributed by atoms with Crippen LogP contribution in [0.2, 0.25) is 0 Å². The quantitative estimate of drug-likeness (QED) is 0.258. The topological polar surface area (TPSA) is 144 Å². The number of H-pyrrole nitrogens is 2. The Morgan fingerprint density at radius 3 is 2.59 bits per heavy atom. The number of likely N-dealkylation sites (tertiary alicyclic amines) is 1. The van der Waals surface area contributed by atoms with Crippen LogP contribution in [0.25, 0.3) is 32.8 Å². The number of likely N-dealkylation sites (N-methyl/N-ethyl adjacent to an activating group) is 1. The number of carbonyl (C=O) groups is 1. The van der Waals surface area contributed by atoms with Gasteiger partial charge in [0, 0.05) is 30.1 Å². The Labute approximate surface area is 262 Å². The number of rotatable bonds is 6. The Morgan fingerprint density at radius 2 is 1.85 bits per heavy atom. The van der Waals surface area contributed by atoms with E-state index >= 15 is 4.39 Å². The Hall–Kier alpha value is -5.04. The van der Waals surface area contributed by atoms with E-state index in [9.17, 15) is 14.7 Å².